The smallest absolute Gasteiger partial charge is 0.224 e. The number of aryl methyl sites for hydroxylation is 1. The van der Waals surface area contributed by atoms with Crippen molar-refractivity contribution in [3.05, 3.63) is 53.5 Å². The van der Waals surface area contributed by atoms with E-state index in [1.54, 1.807) is 13.4 Å². The van der Waals surface area contributed by atoms with Gasteiger partial charge in [-0.25, -0.2) is 9.97 Å². The van der Waals surface area contributed by atoms with Crippen molar-refractivity contribution < 1.29 is 9.53 Å². The zero-order chi connectivity index (χ0) is 23.7. The number of hydrogen-bond acceptors (Lipinski definition) is 6. The van der Waals surface area contributed by atoms with Crippen LogP contribution < -0.4 is 10.2 Å². The Kier molecular flexibility index (Phi) is 5.96. The van der Waals surface area contributed by atoms with E-state index in [0.717, 1.165) is 66.8 Å². The SMILES string of the molecule is CCc1cc(C#N)ccc1[C@H](COC)NC(=O)[C@H]1CCN(c2ncnc3[nH]ccc23)CC12CC2. The molecule has 0 bridgehead atoms. The maximum Gasteiger partial charge on any atom is 0.224 e. The summed E-state index contributed by atoms with van der Waals surface area (Å²) in [5.41, 5.74) is 3.55. The van der Waals surface area contributed by atoms with E-state index >= 15 is 0 Å². The van der Waals surface area contributed by atoms with Crippen LogP contribution in [0.3, 0.4) is 0 Å². The van der Waals surface area contributed by atoms with Gasteiger partial charge in [-0.05, 0) is 60.4 Å². The van der Waals surface area contributed by atoms with Crippen LogP contribution in [0.15, 0.2) is 36.8 Å². The summed E-state index contributed by atoms with van der Waals surface area (Å²) in [4.78, 5) is 27.9. The Hall–Kier alpha value is -3.44. The van der Waals surface area contributed by atoms with Gasteiger partial charge in [-0.3, -0.25) is 4.79 Å². The number of carbonyl (C=O) groups is 1. The minimum atomic E-state index is -0.240. The van der Waals surface area contributed by atoms with Gasteiger partial charge in [0, 0.05) is 32.3 Å². The second-order valence-electron chi connectivity index (χ2n) is 9.46. The Bertz CT molecular complexity index is 1240. The van der Waals surface area contributed by atoms with Gasteiger partial charge < -0.3 is 19.9 Å². The number of fused-ring (bicyclic) bond motifs is 1. The number of nitriles is 1. The second-order valence-corrected chi connectivity index (χ2v) is 9.46. The van der Waals surface area contributed by atoms with Crippen molar-refractivity contribution in [3.8, 4) is 6.07 Å². The zero-order valence-corrected chi connectivity index (χ0v) is 19.7. The molecule has 1 saturated heterocycles. The Labute approximate surface area is 199 Å². The first kappa shape index (κ1) is 22.4. The van der Waals surface area contributed by atoms with E-state index in [4.69, 9.17) is 4.74 Å². The number of amides is 1. The number of anilines is 1. The molecule has 1 amide bonds. The first-order valence-corrected chi connectivity index (χ1v) is 11.9. The molecule has 1 aliphatic carbocycles. The molecule has 176 valence electrons. The first-order chi connectivity index (χ1) is 16.6. The van der Waals surface area contributed by atoms with Crippen LogP contribution in [0.1, 0.15) is 48.9 Å². The molecule has 2 aromatic heterocycles. The van der Waals surface area contributed by atoms with Gasteiger partial charge in [0.15, 0.2) is 0 Å². The molecule has 3 heterocycles. The highest BCUT2D eigenvalue weighted by atomic mass is 16.5. The normalized spacial score (nSPS) is 19.7. The molecule has 2 N–H and O–H groups in total. The lowest BCUT2D eigenvalue weighted by molar-refractivity contribution is -0.129. The summed E-state index contributed by atoms with van der Waals surface area (Å²) in [6.45, 7) is 4.07. The van der Waals surface area contributed by atoms with Crippen molar-refractivity contribution in [1.82, 2.24) is 20.3 Å². The average Bonchev–Trinajstić information content (AvgIpc) is 3.44. The Morgan fingerprint density at radius 1 is 1.38 bits per heavy atom. The van der Waals surface area contributed by atoms with E-state index in [-0.39, 0.29) is 23.3 Å². The molecule has 8 heteroatoms. The zero-order valence-electron chi connectivity index (χ0n) is 19.7. The van der Waals surface area contributed by atoms with E-state index in [1.165, 1.54) is 0 Å². The molecule has 0 radical (unpaired) electrons. The van der Waals surface area contributed by atoms with Crippen molar-refractivity contribution in [1.29, 1.82) is 5.26 Å². The fourth-order valence-corrected chi connectivity index (χ4v) is 5.50. The van der Waals surface area contributed by atoms with Gasteiger partial charge in [0.25, 0.3) is 0 Å². The van der Waals surface area contributed by atoms with Crippen molar-refractivity contribution >= 4 is 22.8 Å². The van der Waals surface area contributed by atoms with Crippen LogP contribution in [0.4, 0.5) is 5.82 Å². The minimum Gasteiger partial charge on any atom is -0.382 e. The van der Waals surface area contributed by atoms with Gasteiger partial charge in [-0.2, -0.15) is 5.26 Å². The highest BCUT2D eigenvalue weighted by molar-refractivity contribution is 5.88. The Morgan fingerprint density at radius 2 is 2.24 bits per heavy atom. The lowest BCUT2D eigenvalue weighted by Crippen LogP contribution is -2.49. The lowest BCUT2D eigenvalue weighted by atomic mass is 9.81. The predicted octanol–water partition coefficient (Wildman–Crippen LogP) is 3.50. The standard InChI is InChI=1S/C26H30N6O2/c1-3-18-12-17(13-27)4-5-19(18)22(14-34-2)31-25(33)21-7-11-32(15-26(21)8-9-26)24-20-6-10-28-23(20)29-16-30-24/h4-6,10,12,16,21-22H,3,7-9,11,14-15H2,1-2H3,(H,31,33)(H,28,29,30)/t21-,22+/m1/s1. The lowest BCUT2D eigenvalue weighted by Gasteiger charge is -2.39. The largest absolute Gasteiger partial charge is 0.382 e. The summed E-state index contributed by atoms with van der Waals surface area (Å²) < 4.78 is 5.47. The third kappa shape index (κ3) is 4.01. The number of H-pyrrole nitrogens is 1. The minimum absolute atomic E-state index is 0.00815. The Balaban J connectivity index is 1.34. The van der Waals surface area contributed by atoms with Crippen molar-refractivity contribution in [2.24, 2.45) is 11.3 Å². The molecular formula is C26H30N6O2. The first-order valence-electron chi connectivity index (χ1n) is 11.9. The monoisotopic (exact) mass is 458 g/mol. The number of nitrogens with zero attached hydrogens (tertiary/aromatic N) is 4. The average molecular weight is 459 g/mol. The summed E-state index contributed by atoms with van der Waals surface area (Å²) in [5, 5.41) is 13.6. The second kappa shape index (κ2) is 9.07. The molecule has 8 nitrogen and oxygen atoms in total. The van der Waals surface area contributed by atoms with Gasteiger partial charge in [-0.1, -0.05) is 13.0 Å². The highest BCUT2D eigenvalue weighted by Gasteiger charge is 2.55. The Morgan fingerprint density at radius 3 is 2.97 bits per heavy atom. The maximum atomic E-state index is 13.6. The molecule has 5 rings (SSSR count). The van der Waals surface area contributed by atoms with E-state index in [1.807, 2.05) is 30.5 Å². The number of aromatic amines is 1. The van der Waals surface area contributed by atoms with Crippen LogP contribution in [-0.2, 0) is 16.0 Å². The van der Waals surface area contributed by atoms with Gasteiger partial charge in [0.1, 0.15) is 17.8 Å². The van der Waals surface area contributed by atoms with Gasteiger partial charge in [0.05, 0.1) is 29.7 Å². The van der Waals surface area contributed by atoms with Crippen molar-refractivity contribution in [2.75, 3.05) is 31.7 Å². The topological polar surface area (TPSA) is 107 Å². The quantitative estimate of drug-likeness (QED) is 0.561. The summed E-state index contributed by atoms with van der Waals surface area (Å²) in [6.07, 6.45) is 7.17. The molecule has 1 aromatic carbocycles. The van der Waals surface area contributed by atoms with Crippen LogP contribution in [0.5, 0.6) is 0 Å². The van der Waals surface area contributed by atoms with Gasteiger partial charge >= 0.3 is 0 Å². The highest BCUT2D eigenvalue weighted by Crippen LogP contribution is 2.56. The summed E-state index contributed by atoms with van der Waals surface area (Å²) in [5.74, 6) is 1.01. The van der Waals surface area contributed by atoms with Crippen molar-refractivity contribution in [3.63, 3.8) is 0 Å². The molecule has 2 fully saturated rings. The van der Waals surface area contributed by atoms with E-state index < -0.39 is 0 Å². The number of methoxy groups -OCH3 is 1. The number of aromatic nitrogens is 3. The number of hydrogen-bond donors (Lipinski definition) is 2. The van der Waals surface area contributed by atoms with Crippen LogP contribution in [0.25, 0.3) is 11.0 Å². The molecule has 1 saturated carbocycles. The molecule has 2 atom stereocenters. The molecule has 3 aromatic rings. The number of ether oxygens (including phenoxy) is 1. The number of rotatable bonds is 7. The maximum absolute atomic E-state index is 13.6. The number of piperidine rings is 1. The van der Waals surface area contributed by atoms with Gasteiger partial charge in [-0.15, -0.1) is 0 Å². The molecule has 1 aliphatic heterocycles. The van der Waals surface area contributed by atoms with E-state index in [2.05, 4.69) is 38.2 Å². The summed E-state index contributed by atoms with van der Waals surface area (Å²) >= 11 is 0. The third-order valence-electron chi connectivity index (χ3n) is 7.45. The fourth-order valence-electron chi connectivity index (χ4n) is 5.50. The van der Waals surface area contributed by atoms with Crippen LogP contribution >= 0.6 is 0 Å². The van der Waals surface area contributed by atoms with Crippen LogP contribution in [-0.4, -0.2) is 47.7 Å². The predicted molar refractivity (Wildman–Crippen MR) is 129 cm³/mol. The van der Waals surface area contributed by atoms with Crippen LogP contribution in [0.2, 0.25) is 0 Å². The molecular weight excluding hydrogens is 428 g/mol. The summed E-state index contributed by atoms with van der Waals surface area (Å²) in [6, 6.07) is 9.66. The van der Waals surface area contributed by atoms with E-state index in [0.29, 0.717) is 12.2 Å². The number of carbonyl (C=O) groups excluding carboxylic acids is 1. The number of benzene rings is 1. The molecule has 34 heavy (non-hydrogen) atoms. The van der Waals surface area contributed by atoms with Gasteiger partial charge in [0.2, 0.25) is 5.91 Å². The van der Waals surface area contributed by atoms with Crippen molar-refractivity contribution in [2.45, 2.75) is 38.6 Å². The fraction of sp³-hybridized carbons (Fsp3) is 0.462. The van der Waals surface area contributed by atoms with E-state index in [9.17, 15) is 10.1 Å². The third-order valence-corrected chi connectivity index (χ3v) is 7.45. The van der Waals surface area contributed by atoms with Crippen LogP contribution in [0, 0.1) is 22.7 Å². The molecule has 0 unspecified atom stereocenters. The molecule has 1 spiro atoms. The number of nitrogens with one attached hydrogen (secondary N) is 2. The summed E-state index contributed by atoms with van der Waals surface area (Å²) in [7, 11) is 1.65. The molecule has 2 aliphatic rings.